The van der Waals surface area contributed by atoms with Crippen molar-refractivity contribution in [3.05, 3.63) is 58.9 Å². The molecule has 2 aromatic carbocycles. The molecule has 3 aromatic rings. The van der Waals surface area contributed by atoms with Crippen LogP contribution < -0.4 is 10.1 Å². The molecule has 1 N–H and O–H groups in total. The molecule has 0 atom stereocenters. The van der Waals surface area contributed by atoms with E-state index in [9.17, 15) is 9.18 Å². The number of methoxy groups -OCH3 is 1. The molecular formula is C18H13FN2O2S. The number of amides is 1. The van der Waals surface area contributed by atoms with Gasteiger partial charge < -0.3 is 10.1 Å². The first kappa shape index (κ1) is 14.8. The Kier molecular flexibility index (Phi) is 3.54. The number of halogens is 1. The minimum Gasteiger partial charge on any atom is -0.496 e. The molecule has 1 aliphatic rings. The lowest BCUT2D eigenvalue weighted by atomic mass is 9.93. The number of fused-ring (bicyclic) bond motifs is 1. The van der Waals surface area contributed by atoms with Gasteiger partial charge in [-0.1, -0.05) is 0 Å². The van der Waals surface area contributed by atoms with E-state index in [1.54, 1.807) is 12.3 Å². The monoisotopic (exact) mass is 340 g/mol. The number of rotatable bonds is 3. The van der Waals surface area contributed by atoms with Crippen LogP contribution in [0.25, 0.3) is 22.3 Å². The maximum atomic E-state index is 13.5. The molecule has 4 rings (SSSR count). The molecular weight excluding hydrogens is 327 g/mol. The minimum atomic E-state index is -0.364. The Morgan fingerprint density at radius 2 is 2.00 bits per heavy atom. The Morgan fingerprint density at radius 3 is 2.75 bits per heavy atom. The van der Waals surface area contributed by atoms with Crippen molar-refractivity contribution < 1.29 is 13.9 Å². The van der Waals surface area contributed by atoms with Crippen LogP contribution in [-0.4, -0.2) is 17.4 Å². The number of carbonyl (C=O) groups is 1. The van der Waals surface area contributed by atoms with Gasteiger partial charge in [0.25, 0.3) is 5.91 Å². The summed E-state index contributed by atoms with van der Waals surface area (Å²) in [5, 5.41) is 4.81. The summed E-state index contributed by atoms with van der Waals surface area (Å²) in [5.74, 6) is -0.0307. The Hall–Kier alpha value is -2.73. The van der Waals surface area contributed by atoms with E-state index >= 15 is 0 Å². The number of hydrogen-bond donors (Lipinski definition) is 1. The summed E-state index contributed by atoms with van der Waals surface area (Å²) >= 11 is 1.36. The lowest BCUT2D eigenvalue weighted by Gasteiger charge is -2.13. The number of carbonyl (C=O) groups excluding carboxylic acids is 1. The molecule has 0 bridgehead atoms. The summed E-state index contributed by atoms with van der Waals surface area (Å²) in [6.07, 6.45) is 1.79. The second kappa shape index (κ2) is 5.72. The summed E-state index contributed by atoms with van der Waals surface area (Å²) in [7, 11) is 1.50. The number of benzene rings is 2. The van der Waals surface area contributed by atoms with Crippen LogP contribution in [0.2, 0.25) is 0 Å². The van der Waals surface area contributed by atoms with Gasteiger partial charge in [0.05, 0.1) is 7.11 Å². The predicted octanol–water partition coefficient (Wildman–Crippen LogP) is 3.87. The smallest absolute Gasteiger partial charge is 0.251 e. The fourth-order valence-corrected chi connectivity index (χ4v) is 3.52. The fourth-order valence-electron chi connectivity index (χ4n) is 2.98. The number of aromatic nitrogens is 1. The van der Waals surface area contributed by atoms with Gasteiger partial charge in [-0.15, -0.1) is 0 Å². The number of hydrogen-bond acceptors (Lipinski definition) is 4. The van der Waals surface area contributed by atoms with Gasteiger partial charge in [-0.05, 0) is 52.5 Å². The van der Waals surface area contributed by atoms with Crippen LogP contribution in [-0.2, 0) is 6.54 Å². The van der Waals surface area contributed by atoms with Crippen LogP contribution in [0.5, 0.6) is 5.75 Å². The molecule has 0 saturated carbocycles. The first-order valence-corrected chi connectivity index (χ1v) is 8.20. The molecule has 0 spiro atoms. The van der Waals surface area contributed by atoms with Crippen molar-refractivity contribution in [2.45, 2.75) is 6.54 Å². The molecule has 0 unspecified atom stereocenters. The first-order chi connectivity index (χ1) is 11.7. The third-order valence-corrected chi connectivity index (χ3v) is 4.72. The third kappa shape index (κ3) is 2.35. The molecule has 0 radical (unpaired) electrons. The van der Waals surface area contributed by atoms with Gasteiger partial charge in [0.2, 0.25) is 0 Å². The van der Waals surface area contributed by atoms with Crippen molar-refractivity contribution >= 4 is 17.4 Å². The molecule has 24 heavy (non-hydrogen) atoms. The molecule has 2 heterocycles. The fraction of sp³-hybridized carbons (Fsp3) is 0.111. The van der Waals surface area contributed by atoms with Crippen LogP contribution >= 0.6 is 11.5 Å². The van der Waals surface area contributed by atoms with E-state index in [4.69, 9.17) is 4.74 Å². The first-order valence-electron chi connectivity index (χ1n) is 7.36. The summed E-state index contributed by atoms with van der Waals surface area (Å²) in [4.78, 5) is 12.2. The van der Waals surface area contributed by atoms with Crippen LogP contribution in [0.3, 0.4) is 0 Å². The predicted molar refractivity (Wildman–Crippen MR) is 90.7 cm³/mol. The lowest BCUT2D eigenvalue weighted by molar-refractivity contribution is 0.0966. The summed E-state index contributed by atoms with van der Waals surface area (Å²) in [6, 6.07) is 8.22. The lowest BCUT2D eigenvalue weighted by Crippen LogP contribution is -2.12. The second-order valence-electron chi connectivity index (χ2n) is 5.49. The molecule has 1 amide bonds. The van der Waals surface area contributed by atoms with E-state index in [2.05, 4.69) is 9.69 Å². The third-order valence-electron chi connectivity index (χ3n) is 4.14. The van der Waals surface area contributed by atoms with E-state index < -0.39 is 0 Å². The van der Waals surface area contributed by atoms with Crippen molar-refractivity contribution in [1.29, 1.82) is 0 Å². The highest BCUT2D eigenvalue weighted by atomic mass is 32.1. The largest absolute Gasteiger partial charge is 0.496 e. The van der Waals surface area contributed by atoms with Crippen LogP contribution in [0.1, 0.15) is 15.9 Å². The molecule has 0 saturated heterocycles. The molecule has 0 fully saturated rings. The van der Waals surface area contributed by atoms with Gasteiger partial charge in [-0.3, -0.25) is 4.79 Å². The summed E-state index contributed by atoms with van der Waals surface area (Å²) < 4.78 is 22.9. The average molecular weight is 340 g/mol. The minimum absolute atomic E-state index is 0.0997. The maximum Gasteiger partial charge on any atom is 0.251 e. The highest BCUT2D eigenvalue weighted by Crippen LogP contribution is 2.38. The maximum absolute atomic E-state index is 13.5. The SMILES string of the molecule is COc1cc(F)ccc1-c1cc2c(c(-c3cnsc3)c1)CNC2=O. The molecule has 1 aromatic heterocycles. The van der Waals surface area contributed by atoms with Crippen molar-refractivity contribution in [3.63, 3.8) is 0 Å². The molecule has 6 heteroatoms. The summed E-state index contributed by atoms with van der Waals surface area (Å²) in [5.41, 5.74) is 5.08. The van der Waals surface area contributed by atoms with E-state index in [0.717, 1.165) is 27.8 Å². The van der Waals surface area contributed by atoms with Gasteiger partial charge in [-0.2, -0.15) is 0 Å². The Balaban J connectivity index is 1.96. The highest BCUT2D eigenvalue weighted by Gasteiger charge is 2.24. The second-order valence-corrected chi connectivity index (χ2v) is 6.15. The van der Waals surface area contributed by atoms with Gasteiger partial charge in [0.1, 0.15) is 11.6 Å². The van der Waals surface area contributed by atoms with E-state index in [0.29, 0.717) is 17.9 Å². The zero-order valence-electron chi connectivity index (χ0n) is 12.8. The molecule has 1 aliphatic heterocycles. The van der Waals surface area contributed by atoms with Crippen LogP contribution in [0.15, 0.2) is 41.9 Å². The zero-order valence-corrected chi connectivity index (χ0v) is 13.6. The van der Waals surface area contributed by atoms with Gasteiger partial charge in [0, 0.05) is 40.9 Å². The molecule has 120 valence electrons. The topological polar surface area (TPSA) is 51.2 Å². The van der Waals surface area contributed by atoms with Crippen LogP contribution in [0.4, 0.5) is 4.39 Å². The van der Waals surface area contributed by atoms with Gasteiger partial charge in [-0.25, -0.2) is 8.76 Å². The quantitative estimate of drug-likeness (QED) is 0.787. The zero-order chi connectivity index (χ0) is 16.7. The van der Waals surface area contributed by atoms with Crippen molar-refractivity contribution in [3.8, 4) is 28.0 Å². The highest BCUT2D eigenvalue weighted by molar-refractivity contribution is 7.03. The van der Waals surface area contributed by atoms with Crippen molar-refractivity contribution in [2.24, 2.45) is 0 Å². The standard InChI is InChI=1S/C18H13FN2O2S/c1-23-17-6-12(19)2-3-13(17)10-4-14(11-7-21-24-9-11)16-8-20-18(22)15(16)5-10/h2-7,9H,8H2,1H3,(H,20,22). The number of ether oxygens (including phenoxy) is 1. The molecule has 4 nitrogen and oxygen atoms in total. The Labute approximate surface area is 142 Å². The van der Waals surface area contributed by atoms with Gasteiger partial charge >= 0.3 is 0 Å². The van der Waals surface area contributed by atoms with E-state index in [1.165, 1.54) is 30.8 Å². The van der Waals surface area contributed by atoms with E-state index in [1.807, 2.05) is 17.5 Å². The Morgan fingerprint density at radius 1 is 1.17 bits per heavy atom. The van der Waals surface area contributed by atoms with E-state index in [-0.39, 0.29) is 11.7 Å². The number of nitrogens with one attached hydrogen (secondary N) is 1. The number of nitrogens with zero attached hydrogens (tertiary/aromatic N) is 1. The normalized spacial score (nSPS) is 12.8. The summed E-state index contributed by atoms with van der Waals surface area (Å²) in [6.45, 7) is 0.500. The average Bonchev–Trinajstić information content (AvgIpc) is 3.24. The van der Waals surface area contributed by atoms with Gasteiger partial charge in [0.15, 0.2) is 0 Å². The van der Waals surface area contributed by atoms with Crippen molar-refractivity contribution in [1.82, 2.24) is 9.69 Å². The molecule has 0 aliphatic carbocycles. The Bertz CT molecular complexity index is 938. The van der Waals surface area contributed by atoms with Crippen molar-refractivity contribution in [2.75, 3.05) is 7.11 Å². The van der Waals surface area contributed by atoms with Crippen LogP contribution in [0, 0.1) is 5.82 Å².